The van der Waals surface area contributed by atoms with E-state index >= 15 is 0 Å². The lowest BCUT2D eigenvalue weighted by atomic mass is 10.1. The van der Waals surface area contributed by atoms with Gasteiger partial charge in [-0.2, -0.15) is 0 Å². The van der Waals surface area contributed by atoms with Crippen LogP contribution in [0, 0.1) is 19.7 Å². The number of nitrogens with zero attached hydrogens (tertiary/aromatic N) is 2. The fraction of sp³-hybridized carbons (Fsp3) is 0.211. The van der Waals surface area contributed by atoms with Crippen molar-refractivity contribution in [3.8, 4) is 5.88 Å². The molecule has 2 aromatic carbocycles. The van der Waals surface area contributed by atoms with Gasteiger partial charge < -0.3 is 10.1 Å². The van der Waals surface area contributed by atoms with Gasteiger partial charge in [0, 0.05) is 0 Å². The maximum atomic E-state index is 13.2. The Morgan fingerprint density at radius 1 is 1.15 bits per heavy atom. The smallest absolute Gasteiger partial charge is 0.279 e. The van der Waals surface area contributed by atoms with Crippen LogP contribution < -0.4 is 10.1 Å². The molecule has 0 fully saturated rings. The van der Waals surface area contributed by atoms with Crippen LogP contribution in [0.4, 0.5) is 10.1 Å². The summed E-state index contributed by atoms with van der Waals surface area (Å²) in [5, 5.41) is 2.72. The second-order valence-corrected chi connectivity index (χ2v) is 6.22. The summed E-state index contributed by atoms with van der Waals surface area (Å²) in [5.41, 5.74) is 3.68. The molecule has 1 N–H and O–H groups in total. The van der Waals surface area contributed by atoms with Crippen molar-refractivity contribution in [1.82, 2.24) is 9.97 Å². The van der Waals surface area contributed by atoms with Crippen molar-refractivity contribution in [3.05, 3.63) is 58.0 Å². The molecule has 0 spiro atoms. The van der Waals surface area contributed by atoms with Gasteiger partial charge in [0.25, 0.3) is 5.91 Å². The monoisotopic (exact) mass is 373 g/mol. The molecule has 134 valence electrons. The number of aryl methyl sites for hydroxylation is 2. The van der Waals surface area contributed by atoms with Crippen LogP contribution in [-0.2, 0) is 0 Å². The van der Waals surface area contributed by atoms with E-state index in [2.05, 4.69) is 15.3 Å². The van der Waals surface area contributed by atoms with E-state index in [1.165, 1.54) is 12.1 Å². The standard InChI is InChI=1S/C19H17ClFN3O2/c1-4-26-19-17(18(25)23-14-6-5-12(21)9-13(14)20)22-15-7-10(2)11(3)8-16(15)24-19/h5-9H,4H2,1-3H3,(H,23,25). The van der Waals surface area contributed by atoms with Crippen molar-refractivity contribution in [2.75, 3.05) is 11.9 Å². The third kappa shape index (κ3) is 3.60. The summed E-state index contributed by atoms with van der Waals surface area (Å²) >= 11 is 5.97. The first-order chi connectivity index (χ1) is 12.4. The molecule has 0 bridgehead atoms. The lowest BCUT2D eigenvalue weighted by Gasteiger charge is -2.12. The lowest BCUT2D eigenvalue weighted by Crippen LogP contribution is -2.17. The number of carbonyl (C=O) groups is 1. The number of amides is 1. The maximum absolute atomic E-state index is 13.2. The zero-order valence-corrected chi connectivity index (χ0v) is 15.3. The average molecular weight is 374 g/mol. The molecule has 7 heteroatoms. The van der Waals surface area contributed by atoms with Crippen molar-refractivity contribution >= 4 is 34.2 Å². The highest BCUT2D eigenvalue weighted by atomic mass is 35.5. The van der Waals surface area contributed by atoms with Gasteiger partial charge in [0.15, 0.2) is 5.69 Å². The topological polar surface area (TPSA) is 64.1 Å². The molecule has 0 aliphatic rings. The lowest BCUT2D eigenvalue weighted by molar-refractivity contribution is 0.101. The minimum Gasteiger partial charge on any atom is -0.476 e. The van der Waals surface area contributed by atoms with Crippen LogP contribution in [0.25, 0.3) is 11.0 Å². The summed E-state index contributed by atoms with van der Waals surface area (Å²) in [6.07, 6.45) is 0. The zero-order chi connectivity index (χ0) is 18.8. The van der Waals surface area contributed by atoms with Gasteiger partial charge in [-0.05, 0) is 62.2 Å². The molecule has 0 atom stereocenters. The van der Waals surface area contributed by atoms with Crippen LogP contribution in [0.15, 0.2) is 30.3 Å². The molecule has 3 aromatic rings. The summed E-state index contributed by atoms with van der Waals surface area (Å²) in [5.74, 6) is -0.882. The SMILES string of the molecule is CCOc1nc2cc(C)c(C)cc2nc1C(=O)Nc1ccc(F)cc1Cl. The summed E-state index contributed by atoms with van der Waals surface area (Å²) in [7, 11) is 0. The number of rotatable bonds is 4. The largest absolute Gasteiger partial charge is 0.476 e. The van der Waals surface area contributed by atoms with Crippen LogP contribution >= 0.6 is 11.6 Å². The van der Waals surface area contributed by atoms with Crippen molar-refractivity contribution in [2.45, 2.75) is 20.8 Å². The molecule has 0 saturated carbocycles. The van der Waals surface area contributed by atoms with Gasteiger partial charge in [-0.1, -0.05) is 11.6 Å². The number of hydrogen-bond donors (Lipinski definition) is 1. The van der Waals surface area contributed by atoms with Gasteiger partial charge in [-0.25, -0.2) is 14.4 Å². The van der Waals surface area contributed by atoms with Gasteiger partial charge in [-0.15, -0.1) is 0 Å². The van der Waals surface area contributed by atoms with Crippen molar-refractivity contribution in [2.24, 2.45) is 0 Å². The molecule has 0 aliphatic carbocycles. The third-order valence-electron chi connectivity index (χ3n) is 3.92. The Balaban J connectivity index is 2.04. The molecular formula is C19H17ClFN3O2. The predicted molar refractivity (Wildman–Crippen MR) is 99.5 cm³/mol. The van der Waals surface area contributed by atoms with Gasteiger partial charge in [0.1, 0.15) is 5.82 Å². The molecule has 1 heterocycles. The van der Waals surface area contributed by atoms with Gasteiger partial charge in [0.05, 0.1) is 28.4 Å². The molecule has 5 nitrogen and oxygen atoms in total. The Labute approximate surface area is 155 Å². The second-order valence-electron chi connectivity index (χ2n) is 5.81. The molecule has 0 radical (unpaired) electrons. The van der Waals surface area contributed by atoms with E-state index in [9.17, 15) is 9.18 Å². The van der Waals surface area contributed by atoms with Crippen LogP contribution in [-0.4, -0.2) is 22.5 Å². The van der Waals surface area contributed by atoms with E-state index in [-0.39, 0.29) is 22.3 Å². The van der Waals surface area contributed by atoms with E-state index in [4.69, 9.17) is 16.3 Å². The highest BCUT2D eigenvalue weighted by molar-refractivity contribution is 6.33. The number of nitrogens with one attached hydrogen (secondary N) is 1. The second kappa shape index (κ2) is 7.25. The quantitative estimate of drug-likeness (QED) is 0.720. The van der Waals surface area contributed by atoms with E-state index in [0.717, 1.165) is 17.2 Å². The summed E-state index contributed by atoms with van der Waals surface area (Å²) in [6.45, 7) is 6.08. The third-order valence-corrected chi connectivity index (χ3v) is 4.24. The van der Waals surface area contributed by atoms with Crippen LogP contribution in [0.3, 0.4) is 0 Å². The van der Waals surface area contributed by atoms with E-state index in [1.807, 2.05) is 26.0 Å². The van der Waals surface area contributed by atoms with E-state index < -0.39 is 11.7 Å². The van der Waals surface area contributed by atoms with Crippen LogP contribution in [0.1, 0.15) is 28.5 Å². The van der Waals surface area contributed by atoms with Crippen molar-refractivity contribution in [1.29, 1.82) is 0 Å². The zero-order valence-electron chi connectivity index (χ0n) is 14.6. The fourth-order valence-corrected chi connectivity index (χ4v) is 2.67. The molecule has 0 unspecified atom stereocenters. The number of halogens is 2. The number of benzene rings is 2. The Morgan fingerprint density at radius 3 is 2.42 bits per heavy atom. The van der Waals surface area contributed by atoms with E-state index in [1.54, 1.807) is 6.92 Å². The molecule has 3 rings (SSSR count). The normalized spacial score (nSPS) is 10.8. The molecule has 26 heavy (non-hydrogen) atoms. The first-order valence-electron chi connectivity index (χ1n) is 8.07. The fourth-order valence-electron chi connectivity index (χ4n) is 2.45. The number of hydrogen-bond acceptors (Lipinski definition) is 4. The van der Waals surface area contributed by atoms with Crippen LogP contribution in [0.2, 0.25) is 5.02 Å². The highest BCUT2D eigenvalue weighted by Gasteiger charge is 2.19. The van der Waals surface area contributed by atoms with Gasteiger partial charge >= 0.3 is 0 Å². The Hall–Kier alpha value is -2.73. The minimum absolute atomic E-state index is 0.0444. The summed E-state index contributed by atoms with van der Waals surface area (Å²) < 4.78 is 18.7. The van der Waals surface area contributed by atoms with Gasteiger partial charge in [-0.3, -0.25) is 4.79 Å². The Morgan fingerprint density at radius 2 is 1.81 bits per heavy atom. The van der Waals surface area contributed by atoms with Gasteiger partial charge in [0.2, 0.25) is 5.88 Å². The van der Waals surface area contributed by atoms with E-state index in [0.29, 0.717) is 17.6 Å². The maximum Gasteiger partial charge on any atom is 0.279 e. The summed E-state index contributed by atoms with van der Waals surface area (Å²) in [6, 6.07) is 7.49. The first kappa shape index (κ1) is 18.1. The molecule has 1 amide bonds. The molecular weight excluding hydrogens is 357 g/mol. The number of ether oxygens (including phenoxy) is 1. The van der Waals surface area contributed by atoms with Crippen molar-refractivity contribution < 1.29 is 13.9 Å². The van der Waals surface area contributed by atoms with Crippen LogP contribution in [0.5, 0.6) is 5.88 Å². The molecule has 1 aromatic heterocycles. The minimum atomic E-state index is -0.533. The first-order valence-corrected chi connectivity index (χ1v) is 8.45. The number of fused-ring (bicyclic) bond motifs is 1. The summed E-state index contributed by atoms with van der Waals surface area (Å²) in [4.78, 5) is 21.5. The Bertz CT molecular complexity index is 1010. The predicted octanol–water partition coefficient (Wildman–Crippen LogP) is 4.69. The number of carbonyl (C=O) groups excluding carboxylic acids is 1. The number of anilines is 1. The Kier molecular flexibility index (Phi) is 5.04. The molecule has 0 aliphatic heterocycles. The molecule has 0 saturated heterocycles. The number of aromatic nitrogens is 2. The van der Waals surface area contributed by atoms with Crippen molar-refractivity contribution in [3.63, 3.8) is 0 Å². The average Bonchev–Trinajstić information content (AvgIpc) is 2.58. The highest BCUT2D eigenvalue weighted by Crippen LogP contribution is 2.26.